The van der Waals surface area contributed by atoms with Gasteiger partial charge in [0.15, 0.2) is 0 Å². The quantitative estimate of drug-likeness (QED) is 0.651. The van der Waals surface area contributed by atoms with Gasteiger partial charge in [0.25, 0.3) is 5.56 Å². The van der Waals surface area contributed by atoms with Crippen molar-refractivity contribution in [2.75, 3.05) is 20.3 Å². The van der Waals surface area contributed by atoms with E-state index in [1.807, 2.05) is 28.8 Å². The van der Waals surface area contributed by atoms with Gasteiger partial charge in [0.2, 0.25) is 0 Å². The first-order valence-corrected chi connectivity index (χ1v) is 7.95. The van der Waals surface area contributed by atoms with Gasteiger partial charge in [-0.2, -0.15) is 5.10 Å². The number of ether oxygens (including phenoxy) is 1. The Hall–Kier alpha value is -2.18. The Morgan fingerprint density at radius 3 is 2.91 bits per heavy atom. The third-order valence-electron chi connectivity index (χ3n) is 4.11. The van der Waals surface area contributed by atoms with E-state index in [4.69, 9.17) is 10.5 Å². The highest BCUT2D eigenvalue weighted by atomic mass is 16.5. The standard InChI is InChI=1S/C17H22N4O2/c1-23-11-4-7-13-15-16(20-19-13)12-6-2-3-8-14(12)21(17(15)22)10-5-9-18/h2-3,6,8H,4-5,7,9-11,18H2,1H3,(H,19,20). The van der Waals surface area contributed by atoms with E-state index in [1.165, 1.54) is 0 Å². The van der Waals surface area contributed by atoms with E-state index in [0.717, 1.165) is 41.4 Å². The molecule has 0 bridgehead atoms. The number of pyridine rings is 1. The molecular weight excluding hydrogens is 292 g/mol. The number of aromatic nitrogens is 3. The fourth-order valence-corrected chi connectivity index (χ4v) is 3.00. The van der Waals surface area contributed by atoms with Crippen LogP contribution >= 0.6 is 0 Å². The van der Waals surface area contributed by atoms with Crippen molar-refractivity contribution in [3.63, 3.8) is 0 Å². The maximum absolute atomic E-state index is 13.0. The van der Waals surface area contributed by atoms with Crippen molar-refractivity contribution in [1.82, 2.24) is 14.8 Å². The van der Waals surface area contributed by atoms with Gasteiger partial charge in [-0.1, -0.05) is 18.2 Å². The van der Waals surface area contributed by atoms with Crippen molar-refractivity contribution in [2.45, 2.75) is 25.8 Å². The zero-order valence-corrected chi connectivity index (χ0v) is 13.3. The molecule has 6 nitrogen and oxygen atoms in total. The number of nitrogens with two attached hydrogens (primary N) is 1. The fourth-order valence-electron chi connectivity index (χ4n) is 3.00. The average molecular weight is 314 g/mol. The molecule has 0 atom stereocenters. The van der Waals surface area contributed by atoms with Gasteiger partial charge in [-0.3, -0.25) is 9.89 Å². The lowest BCUT2D eigenvalue weighted by Crippen LogP contribution is -2.22. The van der Waals surface area contributed by atoms with Crippen molar-refractivity contribution < 1.29 is 4.74 Å². The monoisotopic (exact) mass is 314 g/mol. The van der Waals surface area contributed by atoms with Crippen LogP contribution in [0.2, 0.25) is 0 Å². The minimum absolute atomic E-state index is 0.00770. The maximum Gasteiger partial charge on any atom is 0.262 e. The molecule has 0 spiro atoms. The van der Waals surface area contributed by atoms with Crippen LogP contribution in [0.3, 0.4) is 0 Å². The second-order valence-corrected chi connectivity index (χ2v) is 5.64. The number of rotatable bonds is 7. The number of hydrogen-bond donors (Lipinski definition) is 2. The summed E-state index contributed by atoms with van der Waals surface area (Å²) < 4.78 is 6.92. The first-order chi connectivity index (χ1) is 11.3. The summed E-state index contributed by atoms with van der Waals surface area (Å²) in [6.07, 6.45) is 2.37. The van der Waals surface area contributed by atoms with Gasteiger partial charge in [-0.25, -0.2) is 0 Å². The van der Waals surface area contributed by atoms with E-state index in [0.29, 0.717) is 25.1 Å². The molecule has 0 aliphatic rings. The highest BCUT2D eigenvalue weighted by Crippen LogP contribution is 2.23. The average Bonchev–Trinajstić information content (AvgIpc) is 3.00. The molecule has 0 fully saturated rings. The van der Waals surface area contributed by atoms with Crippen molar-refractivity contribution in [1.29, 1.82) is 0 Å². The molecule has 122 valence electrons. The topological polar surface area (TPSA) is 85.9 Å². The van der Waals surface area contributed by atoms with E-state index in [-0.39, 0.29) is 5.56 Å². The van der Waals surface area contributed by atoms with Crippen LogP contribution in [-0.4, -0.2) is 35.0 Å². The molecule has 1 aromatic carbocycles. The summed E-state index contributed by atoms with van der Waals surface area (Å²) in [7, 11) is 1.68. The van der Waals surface area contributed by atoms with Crippen LogP contribution in [0.5, 0.6) is 0 Å². The minimum Gasteiger partial charge on any atom is -0.385 e. The molecule has 3 rings (SSSR count). The normalized spacial score (nSPS) is 11.6. The summed E-state index contributed by atoms with van der Waals surface area (Å²) in [6, 6.07) is 7.89. The number of H-pyrrole nitrogens is 1. The van der Waals surface area contributed by atoms with Gasteiger partial charge in [-0.05, 0) is 31.9 Å². The number of aromatic amines is 1. The lowest BCUT2D eigenvalue weighted by atomic mass is 10.1. The third kappa shape index (κ3) is 2.87. The molecule has 2 aromatic heterocycles. The number of methoxy groups -OCH3 is 1. The summed E-state index contributed by atoms with van der Waals surface area (Å²) in [5.74, 6) is 0. The lowest BCUT2D eigenvalue weighted by Gasteiger charge is -2.10. The lowest BCUT2D eigenvalue weighted by molar-refractivity contribution is 0.195. The predicted molar refractivity (Wildman–Crippen MR) is 91.7 cm³/mol. The van der Waals surface area contributed by atoms with Crippen LogP contribution in [0.1, 0.15) is 18.5 Å². The van der Waals surface area contributed by atoms with Crippen LogP contribution in [0, 0.1) is 0 Å². The van der Waals surface area contributed by atoms with Crippen molar-refractivity contribution >= 4 is 21.8 Å². The zero-order chi connectivity index (χ0) is 16.2. The Morgan fingerprint density at radius 1 is 1.30 bits per heavy atom. The molecule has 3 aromatic rings. The Kier molecular flexibility index (Phi) is 4.73. The number of para-hydroxylation sites is 1. The molecule has 0 aliphatic heterocycles. The summed E-state index contributed by atoms with van der Waals surface area (Å²) in [5.41, 5.74) is 8.18. The minimum atomic E-state index is 0.00770. The highest BCUT2D eigenvalue weighted by Gasteiger charge is 2.16. The maximum atomic E-state index is 13.0. The number of hydrogen-bond acceptors (Lipinski definition) is 4. The number of nitrogens with one attached hydrogen (secondary N) is 1. The van der Waals surface area contributed by atoms with Gasteiger partial charge in [0, 0.05) is 31.3 Å². The zero-order valence-electron chi connectivity index (χ0n) is 13.3. The second kappa shape index (κ2) is 6.93. The van der Waals surface area contributed by atoms with Crippen LogP contribution in [0.15, 0.2) is 29.1 Å². The number of benzene rings is 1. The van der Waals surface area contributed by atoms with Gasteiger partial charge in [0.1, 0.15) is 5.52 Å². The number of nitrogens with zero attached hydrogens (tertiary/aromatic N) is 2. The Labute approximate surface area is 134 Å². The van der Waals surface area contributed by atoms with Gasteiger partial charge >= 0.3 is 0 Å². The SMILES string of the molecule is COCCCc1[nH]nc2c1c(=O)n(CCCN)c1ccccc21. The Morgan fingerprint density at radius 2 is 2.13 bits per heavy atom. The summed E-state index contributed by atoms with van der Waals surface area (Å²) in [5, 5.41) is 9.13. The van der Waals surface area contributed by atoms with Gasteiger partial charge < -0.3 is 15.0 Å². The first kappa shape index (κ1) is 15.7. The summed E-state index contributed by atoms with van der Waals surface area (Å²) in [6.45, 7) is 1.84. The molecule has 6 heteroatoms. The molecule has 3 N–H and O–H groups in total. The van der Waals surface area contributed by atoms with Crippen LogP contribution in [0.4, 0.5) is 0 Å². The van der Waals surface area contributed by atoms with E-state index in [1.54, 1.807) is 7.11 Å². The highest BCUT2D eigenvalue weighted by molar-refractivity contribution is 6.03. The molecule has 23 heavy (non-hydrogen) atoms. The van der Waals surface area contributed by atoms with Crippen LogP contribution in [-0.2, 0) is 17.7 Å². The molecule has 0 unspecified atom stereocenters. The first-order valence-electron chi connectivity index (χ1n) is 7.95. The van der Waals surface area contributed by atoms with Gasteiger partial charge in [0.05, 0.1) is 10.9 Å². The Balaban J connectivity index is 2.20. The van der Waals surface area contributed by atoms with E-state index in [2.05, 4.69) is 10.2 Å². The number of fused-ring (bicyclic) bond motifs is 3. The molecule has 0 amide bonds. The van der Waals surface area contributed by atoms with Crippen LogP contribution < -0.4 is 11.3 Å². The summed E-state index contributed by atoms with van der Waals surface area (Å²) >= 11 is 0. The molecular formula is C17H22N4O2. The smallest absolute Gasteiger partial charge is 0.262 e. The van der Waals surface area contributed by atoms with E-state index >= 15 is 0 Å². The van der Waals surface area contributed by atoms with Gasteiger partial charge in [-0.15, -0.1) is 0 Å². The van der Waals surface area contributed by atoms with Crippen molar-refractivity contribution in [3.8, 4) is 0 Å². The third-order valence-corrected chi connectivity index (χ3v) is 4.11. The van der Waals surface area contributed by atoms with E-state index < -0.39 is 0 Å². The Bertz CT molecular complexity index is 866. The molecule has 2 heterocycles. The van der Waals surface area contributed by atoms with Crippen molar-refractivity contribution in [2.24, 2.45) is 5.73 Å². The molecule has 0 radical (unpaired) electrons. The predicted octanol–water partition coefficient (Wildman–Crippen LogP) is 1.81. The molecule has 0 aliphatic carbocycles. The molecule has 0 saturated carbocycles. The van der Waals surface area contributed by atoms with Crippen molar-refractivity contribution in [3.05, 3.63) is 40.3 Å². The fraction of sp³-hybridized carbons (Fsp3) is 0.412. The summed E-state index contributed by atoms with van der Waals surface area (Å²) in [4.78, 5) is 13.0. The number of aryl methyl sites for hydroxylation is 2. The largest absolute Gasteiger partial charge is 0.385 e. The molecule has 0 saturated heterocycles. The second-order valence-electron chi connectivity index (χ2n) is 5.64. The van der Waals surface area contributed by atoms with Crippen LogP contribution in [0.25, 0.3) is 21.8 Å². The van der Waals surface area contributed by atoms with E-state index in [9.17, 15) is 4.79 Å².